The summed E-state index contributed by atoms with van der Waals surface area (Å²) in [5.41, 5.74) is 4.58. The largest absolute Gasteiger partial charge is 0.481 e. The number of methoxy groups -OCH3 is 1. The number of nitrogens with one attached hydrogen (secondary N) is 1. The van der Waals surface area contributed by atoms with E-state index in [4.69, 9.17) is 14.6 Å². The minimum atomic E-state index is -0.823. The van der Waals surface area contributed by atoms with E-state index in [-0.39, 0.29) is 37.3 Å². The molecule has 8 heteroatoms. The number of ether oxygens (including phenoxy) is 2. The van der Waals surface area contributed by atoms with Gasteiger partial charge in [0.2, 0.25) is 0 Å². The van der Waals surface area contributed by atoms with Gasteiger partial charge in [0, 0.05) is 32.5 Å². The Hall–Kier alpha value is -3.39. The minimum absolute atomic E-state index is 0.00105. The minimum Gasteiger partial charge on any atom is -0.481 e. The van der Waals surface area contributed by atoms with Gasteiger partial charge in [0.05, 0.1) is 6.54 Å². The number of hydrogen-bond donors (Lipinski definition) is 2. The first-order valence-corrected chi connectivity index (χ1v) is 11.6. The van der Waals surface area contributed by atoms with Gasteiger partial charge in [0.25, 0.3) is 5.91 Å². The van der Waals surface area contributed by atoms with Crippen molar-refractivity contribution < 1.29 is 29.0 Å². The monoisotopic (exact) mass is 466 g/mol. The van der Waals surface area contributed by atoms with Crippen LogP contribution in [-0.2, 0) is 19.1 Å². The summed E-state index contributed by atoms with van der Waals surface area (Å²) in [5, 5.41) is 11.6. The molecule has 34 heavy (non-hydrogen) atoms. The summed E-state index contributed by atoms with van der Waals surface area (Å²) >= 11 is 0. The van der Waals surface area contributed by atoms with Crippen LogP contribution >= 0.6 is 0 Å². The van der Waals surface area contributed by atoms with Gasteiger partial charge in [-0.25, -0.2) is 4.79 Å². The fourth-order valence-corrected chi connectivity index (χ4v) is 4.90. The SMILES string of the molecule is COC(CNC(=O)OCC1c2ccccc2-c2ccccc21)C(=O)N1CCC(CC(=O)O)CC1. The quantitative estimate of drug-likeness (QED) is 0.619. The van der Waals surface area contributed by atoms with E-state index in [1.807, 2.05) is 24.3 Å². The summed E-state index contributed by atoms with van der Waals surface area (Å²) in [4.78, 5) is 37.8. The van der Waals surface area contributed by atoms with Crippen molar-refractivity contribution in [3.05, 3.63) is 59.7 Å². The zero-order valence-corrected chi connectivity index (χ0v) is 19.2. The highest BCUT2D eigenvalue weighted by atomic mass is 16.5. The van der Waals surface area contributed by atoms with E-state index in [1.54, 1.807) is 4.90 Å². The molecule has 2 amide bonds. The molecule has 0 radical (unpaired) electrons. The van der Waals surface area contributed by atoms with Gasteiger partial charge in [-0.1, -0.05) is 48.5 Å². The van der Waals surface area contributed by atoms with E-state index in [0.29, 0.717) is 25.9 Å². The summed E-state index contributed by atoms with van der Waals surface area (Å²) < 4.78 is 10.8. The molecule has 1 heterocycles. The highest BCUT2D eigenvalue weighted by Gasteiger charge is 2.31. The number of fused-ring (bicyclic) bond motifs is 3. The van der Waals surface area contributed by atoms with Crippen LogP contribution in [0.2, 0.25) is 0 Å². The first-order valence-electron chi connectivity index (χ1n) is 11.6. The number of carboxylic acids is 1. The lowest BCUT2D eigenvalue weighted by atomic mass is 9.93. The van der Waals surface area contributed by atoms with Crippen LogP contribution in [0.3, 0.4) is 0 Å². The maximum absolute atomic E-state index is 12.8. The van der Waals surface area contributed by atoms with Gasteiger partial charge in [0.1, 0.15) is 6.61 Å². The summed E-state index contributed by atoms with van der Waals surface area (Å²) in [7, 11) is 1.43. The van der Waals surface area contributed by atoms with Crippen LogP contribution in [0.25, 0.3) is 11.1 Å². The van der Waals surface area contributed by atoms with Crippen LogP contribution in [0.5, 0.6) is 0 Å². The fourth-order valence-electron chi connectivity index (χ4n) is 4.90. The van der Waals surface area contributed by atoms with Crippen molar-refractivity contribution in [2.45, 2.75) is 31.3 Å². The van der Waals surface area contributed by atoms with Crippen LogP contribution < -0.4 is 5.32 Å². The number of hydrogen-bond acceptors (Lipinski definition) is 5. The molecule has 0 saturated carbocycles. The van der Waals surface area contributed by atoms with Crippen LogP contribution in [0.4, 0.5) is 4.79 Å². The Balaban J connectivity index is 1.27. The van der Waals surface area contributed by atoms with Crippen molar-refractivity contribution in [1.82, 2.24) is 10.2 Å². The van der Waals surface area contributed by atoms with E-state index in [1.165, 1.54) is 7.11 Å². The Bertz CT molecular complexity index is 1000. The van der Waals surface area contributed by atoms with Crippen molar-refractivity contribution in [2.24, 2.45) is 5.92 Å². The number of carboxylic acid groups (broad SMARTS) is 1. The number of amides is 2. The molecular weight excluding hydrogens is 436 g/mol. The van der Waals surface area contributed by atoms with E-state index >= 15 is 0 Å². The number of aliphatic carboxylic acids is 1. The molecule has 2 aliphatic rings. The third kappa shape index (κ3) is 5.22. The molecule has 2 aromatic carbocycles. The molecule has 0 spiro atoms. The summed E-state index contributed by atoms with van der Waals surface area (Å²) in [6, 6.07) is 16.2. The van der Waals surface area contributed by atoms with Gasteiger partial charge in [-0.05, 0) is 41.0 Å². The lowest BCUT2D eigenvalue weighted by Gasteiger charge is -2.33. The number of likely N-dealkylation sites (tertiary alicyclic amines) is 1. The van der Waals surface area contributed by atoms with E-state index in [2.05, 4.69) is 29.6 Å². The number of piperidine rings is 1. The number of nitrogens with zero attached hydrogens (tertiary/aromatic N) is 1. The van der Waals surface area contributed by atoms with Gasteiger partial charge < -0.3 is 24.8 Å². The lowest BCUT2D eigenvalue weighted by molar-refractivity contribution is -0.143. The number of carbonyl (C=O) groups is 3. The normalized spacial score (nSPS) is 16.4. The summed E-state index contributed by atoms with van der Waals surface area (Å²) in [5.74, 6) is -0.978. The van der Waals surface area contributed by atoms with E-state index in [0.717, 1.165) is 22.3 Å². The Labute approximate surface area is 198 Å². The molecule has 1 saturated heterocycles. The molecular formula is C26H30N2O6. The molecule has 2 N–H and O–H groups in total. The topological polar surface area (TPSA) is 105 Å². The van der Waals surface area contributed by atoms with Gasteiger partial charge in [-0.2, -0.15) is 0 Å². The lowest BCUT2D eigenvalue weighted by Crippen LogP contribution is -2.48. The van der Waals surface area contributed by atoms with Crippen molar-refractivity contribution in [3.8, 4) is 11.1 Å². The predicted octanol–water partition coefficient (Wildman–Crippen LogP) is 3.25. The molecule has 0 bridgehead atoms. The molecule has 1 aliphatic carbocycles. The van der Waals surface area contributed by atoms with Crippen molar-refractivity contribution in [2.75, 3.05) is 33.4 Å². The van der Waals surface area contributed by atoms with Crippen molar-refractivity contribution >= 4 is 18.0 Å². The molecule has 0 aromatic heterocycles. The second-order valence-corrected chi connectivity index (χ2v) is 8.80. The standard InChI is InChI=1S/C26H30N2O6/c1-33-23(25(31)28-12-10-17(11-13-28)14-24(29)30)15-27-26(32)34-16-22-20-8-4-2-6-18(20)19-7-3-5-9-21(19)22/h2-9,17,22-23H,10-16H2,1H3,(H,27,32)(H,29,30). The fraction of sp³-hybridized carbons (Fsp3) is 0.423. The third-order valence-corrected chi connectivity index (χ3v) is 6.72. The Morgan fingerprint density at radius 1 is 1.03 bits per heavy atom. The van der Waals surface area contributed by atoms with Crippen molar-refractivity contribution in [3.63, 3.8) is 0 Å². The van der Waals surface area contributed by atoms with Gasteiger partial charge >= 0.3 is 12.1 Å². The summed E-state index contributed by atoms with van der Waals surface area (Å²) in [6.07, 6.45) is -0.00450. The second kappa shape index (κ2) is 10.7. The number of rotatable bonds is 8. The molecule has 2 aromatic rings. The highest BCUT2D eigenvalue weighted by Crippen LogP contribution is 2.44. The smallest absolute Gasteiger partial charge is 0.407 e. The zero-order chi connectivity index (χ0) is 24.1. The highest BCUT2D eigenvalue weighted by molar-refractivity contribution is 5.82. The second-order valence-electron chi connectivity index (χ2n) is 8.80. The van der Waals surface area contributed by atoms with E-state index in [9.17, 15) is 14.4 Å². The molecule has 180 valence electrons. The van der Waals surface area contributed by atoms with Crippen LogP contribution in [0, 0.1) is 5.92 Å². The number of alkyl carbamates (subject to hydrolysis) is 1. The number of carbonyl (C=O) groups excluding carboxylic acids is 2. The average molecular weight is 467 g/mol. The molecule has 4 rings (SSSR count). The molecule has 8 nitrogen and oxygen atoms in total. The number of benzene rings is 2. The maximum atomic E-state index is 12.8. The Morgan fingerprint density at radius 2 is 1.62 bits per heavy atom. The Morgan fingerprint density at radius 3 is 2.18 bits per heavy atom. The Kier molecular flexibility index (Phi) is 7.47. The molecule has 1 atom stereocenters. The predicted molar refractivity (Wildman–Crippen MR) is 125 cm³/mol. The first-order chi connectivity index (χ1) is 16.5. The first kappa shape index (κ1) is 23.8. The maximum Gasteiger partial charge on any atom is 0.407 e. The van der Waals surface area contributed by atoms with Gasteiger partial charge in [-0.3, -0.25) is 9.59 Å². The van der Waals surface area contributed by atoms with Gasteiger partial charge in [0.15, 0.2) is 6.10 Å². The van der Waals surface area contributed by atoms with Crippen LogP contribution in [-0.4, -0.2) is 67.4 Å². The molecule has 1 unspecified atom stereocenters. The van der Waals surface area contributed by atoms with Crippen LogP contribution in [0.1, 0.15) is 36.3 Å². The average Bonchev–Trinajstić information content (AvgIpc) is 3.17. The van der Waals surface area contributed by atoms with E-state index < -0.39 is 18.2 Å². The summed E-state index contributed by atoms with van der Waals surface area (Å²) in [6.45, 7) is 1.17. The van der Waals surface area contributed by atoms with Crippen LogP contribution in [0.15, 0.2) is 48.5 Å². The molecule has 1 fully saturated rings. The third-order valence-electron chi connectivity index (χ3n) is 6.72. The zero-order valence-electron chi connectivity index (χ0n) is 19.2. The van der Waals surface area contributed by atoms with Crippen molar-refractivity contribution in [1.29, 1.82) is 0 Å². The van der Waals surface area contributed by atoms with Gasteiger partial charge in [-0.15, -0.1) is 0 Å². The molecule has 1 aliphatic heterocycles.